The summed E-state index contributed by atoms with van der Waals surface area (Å²) in [4.78, 5) is 0. The van der Waals surface area contributed by atoms with Crippen LogP contribution in [0.25, 0.3) is 76.9 Å². The topological polar surface area (TPSA) is 13.1 Å². The van der Waals surface area contributed by atoms with Crippen LogP contribution in [0, 0.1) is 0 Å². The summed E-state index contributed by atoms with van der Waals surface area (Å²) in [5.74, 6) is 0. The number of rotatable bonds is 3. The number of fused-ring (bicyclic) bond motifs is 5. The molecule has 182 valence electrons. The molecule has 0 unspecified atom stereocenters. The first kappa shape index (κ1) is 16.0. The first-order valence-electron chi connectivity index (χ1n) is 16.3. The Morgan fingerprint density at radius 1 is 0.436 bits per heavy atom. The van der Waals surface area contributed by atoms with E-state index in [4.69, 9.17) is 12.6 Å². The smallest absolute Gasteiger partial charge is 0.136 e. The maximum absolute atomic E-state index is 9.24. The summed E-state index contributed by atoms with van der Waals surface area (Å²) in [6.45, 7) is 0. The largest absolute Gasteiger partial charge is 0.456 e. The lowest BCUT2D eigenvalue weighted by Crippen LogP contribution is -1.91. The second-order valence-corrected chi connectivity index (χ2v) is 9.55. The Morgan fingerprint density at radius 3 is 1.77 bits per heavy atom. The van der Waals surface area contributed by atoms with Crippen molar-refractivity contribution in [3.63, 3.8) is 0 Å². The molecule has 39 heavy (non-hydrogen) atoms. The molecule has 0 atom stereocenters. The lowest BCUT2D eigenvalue weighted by molar-refractivity contribution is 0.669. The third-order valence-electron chi connectivity index (χ3n) is 7.39. The SMILES string of the molecule is [2H]c1c([2H])c([2H])c2c(oc3c([2H])c([2H])c([2H])c(-c4c5ccccc5c(-c5cccc(-c6ccccc6)c5)c5ccccc45)c32)c1[2H]. The van der Waals surface area contributed by atoms with Crippen LogP contribution < -0.4 is 0 Å². The summed E-state index contributed by atoms with van der Waals surface area (Å²) in [7, 11) is 0. The van der Waals surface area contributed by atoms with E-state index in [-0.39, 0.29) is 52.2 Å². The van der Waals surface area contributed by atoms with Crippen molar-refractivity contribution < 1.29 is 14.0 Å². The van der Waals surface area contributed by atoms with Crippen molar-refractivity contribution in [2.45, 2.75) is 0 Å². The molecule has 0 radical (unpaired) electrons. The quantitative estimate of drug-likeness (QED) is 0.219. The molecule has 0 bridgehead atoms. The Balaban J connectivity index is 1.56. The zero-order valence-corrected chi connectivity index (χ0v) is 20.7. The summed E-state index contributed by atoms with van der Waals surface area (Å²) in [6, 6.07) is 32.0. The van der Waals surface area contributed by atoms with E-state index in [1.165, 1.54) is 0 Å². The molecule has 0 aliphatic heterocycles. The number of hydrogen-bond donors (Lipinski definition) is 0. The van der Waals surface area contributed by atoms with Gasteiger partial charge in [0.2, 0.25) is 0 Å². The minimum absolute atomic E-state index is 0.0363. The average Bonchev–Trinajstić information content (AvgIpc) is 3.50. The molecule has 0 fully saturated rings. The van der Waals surface area contributed by atoms with Crippen molar-refractivity contribution in [3.05, 3.63) is 145 Å². The van der Waals surface area contributed by atoms with E-state index in [1.54, 1.807) is 0 Å². The Kier molecular flexibility index (Phi) is 3.57. The van der Waals surface area contributed by atoms with E-state index in [0.717, 1.165) is 43.8 Å². The zero-order valence-electron chi connectivity index (χ0n) is 27.7. The molecule has 0 saturated carbocycles. The Labute approximate surface area is 236 Å². The minimum Gasteiger partial charge on any atom is -0.456 e. The lowest BCUT2D eigenvalue weighted by Gasteiger charge is -2.18. The van der Waals surface area contributed by atoms with Crippen molar-refractivity contribution in [1.82, 2.24) is 0 Å². The molecule has 1 aromatic heterocycles. The van der Waals surface area contributed by atoms with Crippen LogP contribution in [0.1, 0.15) is 9.60 Å². The Morgan fingerprint density at radius 2 is 1.03 bits per heavy atom. The maximum Gasteiger partial charge on any atom is 0.136 e. The van der Waals surface area contributed by atoms with Gasteiger partial charge in [-0.1, -0.05) is 127 Å². The molecule has 7 aromatic carbocycles. The standard InChI is InChI=1S/C38H24O/c1-2-12-25(13-3-1)26-14-10-15-27(24-26)36-28-16-4-6-18-30(28)37(31-19-7-5-17-29(31)36)33-21-11-23-35-38(33)32-20-8-9-22-34(32)39-35/h1-24H/i8D,9D,11D,20D,21D,22D,23D. The van der Waals surface area contributed by atoms with E-state index < -0.39 is 12.1 Å². The van der Waals surface area contributed by atoms with Gasteiger partial charge in [0.15, 0.2) is 0 Å². The molecule has 0 spiro atoms. The second-order valence-electron chi connectivity index (χ2n) is 9.55. The lowest BCUT2D eigenvalue weighted by atomic mass is 9.84. The number of furan rings is 1. The Hall–Kier alpha value is -5.14. The van der Waals surface area contributed by atoms with Gasteiger partial charge < -0.3 is 4.42 Å². The molecule has 0 amide bonds. The van der Waals surface area contributed by atoms with Gasteiger partial charge in [-0.15, -0.1) is 0 Å². The van der Waals surface area contributed by atoms with Crippen LogP contribution in [-0.4, -0.2) is 0 Å². The first-order valence-corrected chi connectivity index (χ1v) is 12.8. The fraction of sp³-hybridized carbons (Fsp3) is 0. The minimum atomic E-state index is -0.445. The van der Waals surface area contributed by atoms with Crippen molar-refractivity contribution in [3.8, 4) is 33.4 Å². The highest BCUT2D eigenvalue weighted by Crippen LogP contribution is 2.47. The summed E-state index contributed by atoms with van der Waals surface area (Å²) < 4.78 is 66.7. The van der Waals surface area contributed by atoms with Gasteiger partial charge >= 0.3 is 0 Å². The molecule has 8 rings (SSSR count). The second kappa shape index (κ2) is 8.72. The maximum atomic E-state index is 9.24. The predicted octanol–water partition coefficient (Wildman–Crippen LogP) is 10.9. The third kappa shape index (κ3) is 3.41. The summed E-state index contributed by atoms with van der Waals surface area (Å²) in [5.41, 5.74) is 5.03. The van der Waals surface area contributed by atoms with E-state index in [0.29, 0.717) is 11.1 Å². The highest BCUT2D eigenvalue weighted by Gasteiger charge is 2.20. The van der Waals surface area contributed by atoms with Gasteiger partial charge in [0.1, 0.15) is 11.2 Å². The van der Waals surface area contributed by atoms with Crippen LogP contribution in [0.2, 0.25) is 0 Å². The molecule has 0 aliphatic carbocycles. The predicted molar refractivity (Wildman–Crippen MR) is 165 cm³/mol. The van der Waals surface area contributed by atoms with Crippen LogP contribution >= 0.6 is 0 Å². The van der Waals surface area contributed by atoms with Gasteiger partial charge in [0, 0.05) is 10.8 Å². The fourth-order valence-electron chi connectivity index (χ4n) is 5.74. The highest BCUT2D eigenvalue weighted by molar-refractivity contribution is 6.25. The fourth-order valence-corrected chi connectivity index (χ4v) is 5.74. The molecular weight excluding hydrogens is 472 g/mol. The van der Waals surface area contributed by atoms with Gasteiger partial charge in [-0.25, -0.2) is 0 Å². The average molecular weight is 504 g/mol. The zero-order chi connectivity index (χ0) is 31.9. The van der Waals surface area contributed by atoms with Crippen LogP contribution in [0.3, 0.4) is 0 Å². The molecule has 1 heteroatoms. The summed E-state index contributed by atoms with van der Waals surface area (Å²) in [6.07, 6.45) is 0. The van der Waals surface area contributed by atoms with Gasteiger partial charge in [-0.3, -0.25) is 0 Å². The number of benzene rings is 7. The monoisotopic (exact) mass is 503 g/mol. The molecule has 8 aromatic rings. The molecule has 0 aliphatic rings. The van der Waals surface area contributed by atoms with E-state index >= 15 is 0 Å². The third-order valence-corrected chi connectivity index (χ3v) is 7.39. The van der Waals surface area contributed by atoms with E-state index in [9.17, 15) is 1.37 Å². The van der Waals surface area contributed by atoms with Crippen molar-refractivity contribution in [1.29, 1.82) is 0 Å². The van der Waals surface area contributed by atoms with Gasteiger partial charge in [0.25, 0.3) is 0 Å². The summed E-state index contributed by atoms with van der Waals surface area (Å²) in [5, 5.41) is 3.80. The normalized spacial score (nSPS) is 14.1. The summed E-state index contributed by atoms with van der Waals surface area (Å²) >= 11 is 0. The van der Waals surface area contributed by atoms with Crippen LogP contribution in [0.15, 0.2) is 150 Å². The Bertz CT molecular complexity index is 2500. The number of para-hydroxylation sites is 1. The highest BCUT2D eigenvalue weighted by atomic mass is 16.3. The van der Waals surface area contributed by atoms with E-state index in [2.05, 4.69) is 30.3 Å². The molecule has 1 nitrogen and oxygen atoms in total. The molecule has 0 saturated heterocycles. The van der Waals surface area contributed by atoms with E-state index in [1.807, 2.05) is 72.8 Å². The van der Waals surface area contributed by atoms with Crippen molar-refractivity contribution >= 4 is 43.5 Å². The first-order chi connectivity index (χ1) is 22.3. The van der Waals surface area contributed by atoms with Gasteiger partial charge in [-0.2, -0.15) is 0 Å². The van der Waals surface area contributed by atoms with Crippen LogP contribution in [0.5, 0.6) is 0 Å². The molecule has 1 heterocycles. The molecule has 0 N–H and O–H groups in total. The van der Waals surface area contributed by atoms with Gasteiger partial charge in [-0.05, 0) is 73.1 Å². The van der Waals surface area contributed by atoms with Crippen LogP contribution in [-0.2, 0) is 0 Å². The van der Waals surface area contributed by atoms with Crippen molar-refractivity contribution in [2.75, 3.05) is 0 Å². The van der Waals surface area contributed by atoms with Crippen LogP contribution in [0.4, 0.5) is 0 Å². The van der Waals surface area contributed by atoms with Crippen molar-refractivity contribution in [2.24, 2.45) is 0 Å². The molecular formula is C38H24O. The number of hydrogen-bond acceptors (Lipinski definition) is 1. The van der Waals surface area contributed by atoms with Gasteiger partial charge in [0.05, 0.1) is 9.60 Å².